The predicted octanol–water partition coefficient (Wildman–Crippen LogP) is 3.77. The van der Waals surface area contributed by atoms with Gasteiger partial charge < -0.3 is 5.11 Å². The first-order chi connectivity index (χ1) is 7.73. The van der Waals surface area contributed by atoms with E-state index in [1.165, 1.54) is 0 Å². The highest BCUT2D eigenvalue weighted by molar-refractivity contribution is 5.66. The van der Waals surface area contributed by atoms with Crippen LogP contribution in [0.2, 0.25) is 0 Å². The van der Waals surface area contributed by atoms with Crippen LogP contribution in [0.1, 0.15) is 67.7 Å². The zero-order valence-corrected chi connectivity index (χ0v) is 12.7. The summed E-state index contributed by atoms with van der Waals surface area (Å²) in [6.07, 6.45) is 2.08. The molecule has 0 aromatic rings. The summed E-state index contributed by atoms with van der Waals surface area (Å²) in [7, 11) is 0. The second kappa shape index (κ2) is 10.6. The van der Waals surface area contributed by atoms with Gasteiger partial charge in [-0.15, -0.1) is 0 Å². The fourth-order valence-electron chi connectivity index (χ4n) is 2.12. The molecule has 0 aromatic carbocycles. The topological polar surface area (TPSA) is 40.5 Å². The summed E-state index contributed by atoms with van der Waals surface area (Å²) < 4.78 is 0. The second-order valence-corrected chi connectivity index (χ2v) is 5.23. The van der Waals surface area contributed by atoms with Gasteiger partial charge in [0.1, 0.15) is 0 Å². The van der Waals surface area contributed by atoms with E-state index in [4.69, 9.17) is 5.11 Å². The molecule has 0 radical (unpaired) electrons. The van der Waals surface area contributed by atoms with Crippen molar-refractivity contribution in [3.8, 4) is 0 Å². The van der Waals surface area contributed by atoms with Crippen molar-refractivity contribution in [3.05, 3.63) is 0 Å². The van der Waals surface area contributed by atoms with Gasteiger partial charge in [0, 0.05) is 24.5 Å². The number of unbranched alkanes of at least 4 members (excludes halogenated alkanes) is 1. The van der Waals surface area contributed by atoms with Crippen molar-refractivity contribution in [1.29, 1.82) is 0 Å². The van der Waals surface area contributed by atoms with Crippen LogP contribution in [0.5, 0.6) is 0 Å². The molecule has 0 aliphatic carbocycles. The number of carboxylic acids is 1. The Labute approximate surface area is 107 Å². The molecule has 0 aromatic heterocycles. The number of hydrogen-bond acceptors (Lipinski definition) is 2. The third kappa shape index (κ3) is 11.7. The van der Waals surface area contributed by atoms with E-state index < -0.39 is 5.97 Å². The quantitative estimate of drug-likeness (QED) is 0.774. The number of carbonyl (C=O) groups is 1. The molecule has 104 valence electrons. The minimum absolute atomic E-state index is 0.316. The Balaban J connectivity index is 0. The van der Waals surface area contributed by atoms with E-state index in [2.05, 4.69) is 46.4 Å². The summed E-state index contributed by atoms with van der Waals surface area (Å²) in [6, 6.07) is 2.00. The van der Waals surface area contributed by atoms with E-state index in [0.717, 1.165) is 12.8 Å². The van der Waals surface area contributed by atoms with Crippen LogP contribution in [0.3, 0.4) is 0 Å². The van der Waals surface area contributed by atoms with Crippen LogP contribution in [0.25, 0.3) is 0 Å². The standard InChI is InChI=1S/C9H21N.C5H10O2/c1-7(2)10(8(3)4)9(5)6;1-2-3-4-5(6)7/h7-9H,1-6H3;2-4H2,1H3,(H,6,7). The predicted molar refractivity (Wildman–Crippen MR) is 74.4 cm³/mol. The van der Waals surface area contributed by atoms with Gasteiger partial charge in [0.25, 0.3) is 0 Å². The van der Waals surface area contributed by atoms with Gasteiger partial charge in [0.2, 0.25) is 0 Å². The Kier molecular flexibility index (Phi) is 11.7. The lowest BCUT2D eigenvalue weighted by atomic mass is 10.2. The van der Waals surface area contributed by atoms with Crippen LogP contribution in [0, 0.1) is 0 Å². The number of nitrogens with zero attached hydrogens (tertiary/aromatic N) is 1. The van der Waals surface area contributed by atoms with Crippen molar-refractivity contribution in [2.45, 2.75) is 85.9 Å². The maximum Gasteiger partial charge on any atom is 0.303 e. The molecule has 0 saturated carbocycles. The average Bonchev–Trinajstić information content (AvgIpc) is 2.13. The molecule has 0 bridgehead atoms. The lowest BCUT2D eigenvalue weighted by Crippen LogP contribution is -2.42. The normalized spacial score (nSPS) is 11.0. The van der Waals surface area contributed by atoms with Crippen LogP contribution in [0.4, 0.5) is 0 Å². The highest BCUT2D eigenvalue weighted by Gasteiger charge is 2.15. The van der Waals surface area contributed by atoms with E-state index >= 15 is 0 Å². The SMILES string of the molecule is CC(C)N(C(C)C)C(C)C.CCCCC(=O)O. The van der Waals surface area contributed by atoms with Gasteiger partial charge in [0.05, 0.1) is 0 Å². The largest absolute Gasteiger partial charge is 0.481 e. The molecule has 0 aliphatic rings. The molecule has 0 amide bonds. The van der Waals surface area contributed by atoms with Gasteiger partial charge in [-0.25, -0.2) is 0 Å². The van der Waals surface area contributed by atoms with E-state index in [1.807, 2.05) is 6.92 Å². The van der Waals surface area contributed by atoms with Crippen molar-refractivity contribution in [3.63, 3.8) is 0 Å². The van der Waals surface area contributed by atoms with Crippen LogP contribution in [-0.4, -0.2) is 34.1 Å². The zero-order chi connectivity index (χ0) is 14.0. The zero-order valence-electron chi connectivity index (χ0n) is 12.7. The Morgan fingerprint density at radius 3 is 1.41 bits per heavy atom. The summed E-state index contributed by atoms with van der Waals surface area (Å²) in [4.78, 5) is 12.3. The van der Waals surface area contributed by atoms with E-state index in [1.54, 1.807) is 0 Å². The Bertz CT molecular complexity index is 170. The number of aliphatic carboxylic acids is 1. The van der Waals surface area contributed by atoms with Crippen molar-refractivity contribution < 1.29 is 9.90 Å². The third-order valence-electron chi connectivity index (χ3n) is 2.53. The second-order valence-electron chi connectivity index (χ2n) is 5.23. The molecule has 0 saturated heterocycles. The first-order valence-electron chi connectivity index (χ1n) is 6.73. The molecule has 17 heavy (non-hydrogen) atoms. The van der Waals surface area contributed by atoms with Crippen LogP contribution >= 0.6 is 0 Å². The molecule has 0 rings (SSSR count). The molecule has 0 fully saturated rings. The van der Waals surface area contributed by atoms with E-state index in [-0.39, 0.29) is 0 Å². The Morgan fingerprint density at radius 1 is 1.00 bits per heavy atom. The lowest BCUT2D eigenvalue weighted by Gasteiger charge is -2.34. The van der Waals surface area contributed by atoms with Gasteiger partial charge in [-0.3, -0.25) is 9.69 Å². The number of carboxylic acid groups (broad SMARTS) is 1. The summed E-state index contributed by atoms with van der Waals surface area (Å²) >= 11 is 0. The van der Waals surface area contributed by atoms with Gasteiger partial charge in [0.15, 0.2) is 0 Å². The smallest absolute Gasteiger partial charge is 0.303 e. The van der Waals surface area contributed by atoms with Crippen molar-refractivity contribution in [2.75, 3.05) is 0 Å². The maximum atomic E-state index is 9.76. The first-order valence-corrected chi connectivity index (χ1v) is 6.73. The molecular formula is C14H31NO2. The van der Waals surface area contributed by atoms with Gasteiger partial charge in [-0.1, -0.05) is 13.3 Å². The van der Waals surface area contributed by atoms with Crippen LogP contribution < -0.4 is 0 Å². The number of hydrogen-bond donors (Lipinski definition) is 1. The van der Waals surface area contributed by atoms with E-state index in [9.17, 15) is 4.79 Å². The fourth-order valence-corrected chi connectivity index (χ4v) is 2.12. The highest BCUT2D eigenvalue weighted by Crippen LogP contribution is 2.09. The third-order valence-corrected chi connectivity index (χ3v) is 2.53. The molecule has 0 heterocycles. The molecule has 1 N–H and O–H groups in total. The average molecular weight is 245 g/mol. The summed E-state index contributed by atoms with van der Waals surface area (Å²) in [6.45, 7) is 15.5. The summed E-state index contributed by atoms with van der Waals surface area (Å²) in [5.74, 6) is -0.693. The van der Waals surface area contributed by atoms with Gasteiger partial charge >= 0.3 is 5.97 Å². The molecule has 3 nitrogen and oxygen atoms in total. The molecule has 3 heteroatoms. The minimum atomic E-state index is -0.693. The molecule has 0 spiro atoms. The van der Waals surface area contributed by atoms with Crippen LogP contribution in [0.15, 0.2) is 0 Å². The van der Waals surface area contributed by atoms with Crippen LogP contribution in [-0.2, 0) is 4.79 Å². The molecular weight excluding hydrogens is 214 g/mol. The lowest BCUT2D eigenvalue weighted by molar-refractivity contribution is -0.137. The monoisotopic (exact) mass is 245 g/mol. The molecule has 0 atom stereocenters. The minimum Gasteiger partial charge on any atom is -0.481 e. The van der Waals surface area contributed by atoms with E-state index in [0.29, 0.717) is 24.5 Å². The van der Waals surface area contributed by atoms with Crippen molar-refractivity contribution >= 4 is 5.97 Å². The Morgan fingerprint density at radius 2 is 1.35 bits per heavy atom. The van der Waals surface area contributed by atoms with Crippen molar-refractivity contribution in [1.82, 2.24) is 4.90 Å². The number of rotatable bonds is 6. The summed E-state index contributed by atoms with van der Waals surface area (Å²) in [5.41, 5.74) is 0. The Hall–Kier alpha value is -0.570. The van der Waals surface area contributed by atoms with Crippen molar-refractivity contribution in [2.24, 2.45) is 0 Å². The highest BCUT2D eigenvalue weighted by atomic mass is 16.4. The first kappa shape index (κ1) is 18.8. The molecule has 0 aliphatic heterocycles. The van der Waals surface area contributed by atoms with Gasteiger partial charge in [-0.2, -0.15) is 0 Å². The van der Waals surface area contributed by atoms with Gasteiger partial charge in [-0.05, 0) is 48.0 Å². The molecule has 0 unspecified atom stereocenters. The fraction of sp³-hybridized carbons (Fsp3) is 0.929. The summed E-state index contributed by atoms with van der Waals surface area (Å²) in [5, 5.41) is 8.04. The maximum absolute atomic E-state index is 9.76.